The second kappa shape index (κ2) is 2.95. The van der Waals surface area contributed by atoms with Gasteiger partial charge >= 0.3 is 0 Å². The molecule has 0 aromatic carbocycles. The van der Waals surface area contributed by atoms with Gasteiger partial charge in [-0.15, -0.1) is 0 Å². The number of hydrogen-bond acceptors (Lipinski definition) is 2. The van der Waals surface area contributed by atoms with Crippen molar-refractivity contribution < 1.29 is 10.2 Å². The van der Waals surface area contributed by atoms with Crippen molar-refractivity contribution in [3.05, 3.63) is 11.6 Å². The maximum atomic E-state index is 9.00. The topological polar surface area (TPSA) is 40.5 Å². The Balaban J connectivity index is 2.69. The summed E-state index contributed by atoms with van der Waals surface area (Å²) in [4.78, 5) is 0. The maximum absolute atomic E-state index is 9.00. The molecule has 1 unspecified atom stereocenters. The van der Waals surface area contributed by atoms with Crippen LogP contribution in [0.2, 0.25) is 0 Å². The molecule has 0 amide bonds. The summed E-state index contributed by atoms with van der Waals surface area (Å²) in [5.74, 6) is 0.296. The van der Waals surface area contributed by atoms with Gasteiger partial charge in [0, 0.05) is 6.61 Å². The molecular formula is C9H16O2. The van der Waals surface area contributed by atoms with E-state index in [1.165, 1.54) is 0 Å². The van der Waals surface area contributed by atoms with Gasteiger partial charge in [0.2, 0.25) is 0 Å². The first-order valence-electron chi connectivity index (χ1n) is 4.02. The van der Waals surface area contributed by atoms with Crippen LogP contribution in [0.3, 0.4) is 0 Å². The third-order valence-electron chi connectivity index (χ3n) is 2.56. The first-order chi connectivity index (χ1) is 5.10. The summed E-state index contributed by atoms with van der Waals surface area (Å²) in [6, 6.07) is 0. The lowest BCUT2D eigenvalue weighted by Crippen LogP contribution is -2.20. The Kier molecular flexibility index (Phi) is 2.35. The van der Waals surface area contributed by atoms with Crippen LogP contribution < -0.4 is 0 Å². The highest BCUT2D eigenvalue weighted by Crippen LogP contribution is 2.40. The van der Waals surface area contributed by atoms with Gasteiger partial charge in [-0.3, -0.25) is 0 Å². The minimum absolute atomic E-state index is 0.0623. The normalized spacial score (nSPS) is 28.7. The largest absolute Gasteiger partial charge is 0.396 e. The van der Waals surface area contributed by atoms with Gasteiger partial charge in [0.25, 0.3) is 0 Å². The molecule has 2 heteroatoms. The van der Waals surface area contributed by atoms with Gasteiger partial charge in [0.1, 0.15) is 0 Å². The fourth-order valence-corrected chi connectivity index (χ4v) is 1.69. The highest BCUT2D eigenvalue weighted by Gasteiger charge is 2.32. The Labute approximate surface area is 67.6 Å². The minimum atomic E-state index is 0.0623. The fraction of sp³-hybridized carbons (Fsp3) is 0.778. The van der Waals surface area contributed by atoms with E-state index in [2.05, 4.69) is 19.9 Å². The Morgan fingerprint density at radius 1 is 1.55 bits per heavy atom. The monoisotopic (exact) mass is 156 g/mol. The van der Waals surface area contributed by atoms with Gasteiger partial charge in [-0.1, -0.05) is 19.9 Å². The summed E-state index contributed by atoms with van der Waals surface area (Å²) in [5, 5.41) is 17.9. The van der Waals surface area contributed by atoms with E-state index >= 15 is 0 Å². The quantitative estimate of drug-likeness (QED) is 0.584. The highest BCUT2D eigenvalue weighted by molar-refractivity contribution is 5.18. The number of rotatable bonds is 2. The molecule has 0 aliphatic heterocycles. The number of hydrogen-bond donors (Lipinski definition) is 2. The van der Waals surface area contributed by atoms with Crippen LogP contribution in [0.25, 0.3) is 0 Å². The van der Waals surface area contributed by atoms with Crippen LogP contribution in [0.1, 0.15) is 20.3 Å². The van der Waals surface area contributed by atoms with Crippen LogP contribution in [0.4, 0.5) is 0 Å². The van der Waals surface area contributed by atoms with E-state index in [4.69, 9.17) is 10.2 Å². The zero-order chi connectivity index (χ0) is 8.48. The number of aliphatic hydroxyl groups is 2. The molecular weight excluding hydrogens is 140 g/mol. The molecule has 1 aliphatic carbocycles. The lowest BCUT2D eigenvalue weighted by Gasteiger charge is -2.23. The van der Waals surface area contributed by atoms with Crippen molar-refractivity contribution in [2.45, 2.75) is 20.3 Å². The van der Waals surface area contributed by atoms with Gasteiger partial charge in [-0.2, -0.15) is 0 Å². The van der Waals surface area contributed by atoms with Crippen LogP contribution in [0.15, 0.2) is 11.6 Å². The smallest absolute Gasteiger partial charge is 0.0642 e. The van der Waals surface area contributed by atoms with Crippen LogP contribution in [0.5, 0.6) is 0 Å². The molecule has 64 valence electrons. The van der Waals surface area contributed by atoms with Crippen LogP contribution >= 0.6 is 0 Å². The molecule has 0 aromatic rings. The van der Waals surface area contributed by atoms with Crippen molar-refractivity contribution in [3.8, 4) is 0 Å². The third kappa shape index (κ3) is 1.63. The van der Waals surface area contributed by atoms with Gasteiger partial charge in [0.15, 0.2) is 0 Å². The van der Waals surface area contributed by atoms with E-state index in [-0.39, 0.29) is 18.6 Å². The van der Waals surface area contributed by atoms with E-state index in [0.717, 1.165) is 12.0 Å². The van der Waals surface area contributed by atoms with Crippen LogP contribution in [-0.2, 0) is 0 Å². The van der Waals surface area contributed by atoms with E-state index in [1.807, 2.05) is 0 Å². The molecule has 0 spiro atoms. The Morgan fingerprint density at radius 2 is 2.18 bits per heavy atom. The van der Waals surface area contributed by atoms with Gasteiger partial charge in [0.05, 0.1) is 6.61 Å². The summed E-state index contributed by atoms with van der Waals surface area (Å²) < 4.78 is 0. The van der Waals surface area contributed by atoms with Gasteiger partial charge < -0.3 is 10.2 Å². The zero-order valence-corrected chi connectivity index (χ0v) is 7.17. The second-order valence-corrected chi connectivity index (χ2v) is 3.87. The predicted octanol–water partition coefficient (Wildman–Crippen LogP) is 0.944. The zero-order valence-electron chi connectivity index (χ0n) is 7.17. The average Bonchev–Trinajstić information content (AvgIpc) is 2.24. The number of allylic oxidation sites excluding steroid dienone is 1. The van der Waals surface area contributed by atoms with E-state index in [1.54, 1.807) is 0 Å². The summed E-state index contributed by atoms with van der Waals surface area (Å²) in [5.41, 5.74) is 1.13. The number of aliphatic hydroxyl groups excluding tert-OH is 2. The molecule has 1 atom stereocenters. The summed E-state index contributed by atoms with van der Waals surface area (Å²) >= 11 is 0. The molecule has 0 fully saturated rings. The molecule has 0 bridgehead atoms. The van der Waals surface area contributed by atoms with Crippen molar-refractivity contribution in [1.82, 2.24) is 0 Å². The summed E-state index contributed by atoms with van der Waals surface area (Å²) in [6.07, 6.45) is 2.92. The van der Waals surface area contributed by atoms with Crippen LogP contribution in [0, 0.1) is 11.3 Å². The van der Waals surface area contributed by atoms with Crippen molar-refractivity contribution in [2.24, 2.45) is 11.3 Å². The molecule has 11 heavy (non-hydrogen) atoms. The standard InChI is InChI=1S/C9H16O2/c1-9(2)4-7(5-10)3-8(9)6-11/h4,8,10-11H,3,5-6H2,1-2H3. The van der Waals surface area contributed by atoms with Crippen molar-refractivity contribution in [1.29, 1.82) is 0 Å². The summed E-state index contributed by atoms with van der Waals surface area (Å²) in [6.45, 7) is 4.54. The third-order valence-corrected chi connectivity index (χ3v) is 2.56. The molecule has 0 aromatic heterocycles. The Hall–Kier alpha value is -0.340. The van der Waals surface area contributed by atoms with Gasteiger partial charge in [-0.05, 0) is 23.3 Å². The molecule has 2 nitrogen and oxygen atoms in total. The molecule has 0 radical (unpaired) electrons. The molecule has 0 saturated carbocycles. The Morgan fingerprint density at radius 3 is 2.45 bits per heavy atom. The van der Waals surface area contributed by atoms with Gasteiger partial charge in [-0.25, -0.2) is 0 Å². The van der Waals surface area contributed by atoms with E-state index in [9.17, 15) is 0 Å². The van der Waals surface area contributed by atoms with Crippen LogP contribution in [-0.4, -0.2) is 23.4 Å². The van der Waals surface area contributed by atoms with Crippen molar-refractivity contribution in [2.75, 3.05) is 13.2 Å². The first-order valence-corrected chi connectivity index (χ1v) is 4.02. The molecule has 1 rings (SSSR count). The minimum Gasteiger partial charge on any atom is -0.396 e. The van der Waals surface area contributed by atoms with E-state index < -0.39 is 0 Å². The Bertz CT molecular complexity index is 170. The predicted molar refractivity (Wildman–Crippen MR) is 44.1 cm³/mol. The molecule has 0 heterocycles. The second-order valence-electron chi connectivity index (χ2n) is 3.87. The SMILES string of the molecule is CC1(C)C=C(CO)CC1CO. The van der Waals surface area contributed by atoms with E-state index in [0.29, 0.717) is 5.92 Å². The molecule has 1 aliphatic rings. The van der Waals surface area contributed by atoms with Crippen molar-refractivity contribution in [3.63, 3.8) is 0 Å². The lowest BCUT2D eigenvalue weighted by atomic mass is 9.83. The molecule has 2 N–H and O–H groups in total. The average molecular weight is 156 g/mol. The first kappa shape index (κ1) is 8.75. The van der Waals surface area contributed by atoms with Crippen molar-refractivity contribution >= 4 is 0 Å². The molecule has 0 saturated heterocycles. The highest BCUT2D eigenvalue weighted by atomic mass is 16.3. The summed E-state index contributed by atoms with van der Waals surface area (Å²) in [7, 11) is 0. The maximum Gasteiger partial charge on any atom is 0.0642 e. The lowest BCUT2D eigenvalue weighted by molar-refractivity contribution is 0.162. The fourth-order valence-electron chi connectivity index (χ4n) is 1.69.